The predicted octanol–water partition coefficient (Wildman–Crippen LogP) is 1.72. The van der Waals surface area contributed by atoms with E-state index in [1.165, 1.54) is 0 Å². The molecule has 0 aliphatic rings. The molecule has 1 unspecified atom stereocenters. The van der Waals surface area contributed by atoms with Gasteiger partial charge in [-0.15, -0.1) is 0 Å². The monoisotopic (exact) mass is 339 g/mol. The number of hydrogen-bond donors (Lipinski definition) is 3. The van der Waals surface area contributed by atoms with E-state index in [1.807, 2.05) is 6.07 Å². The van der Waals surface area contributed by atoms with Crippen LogP contribution in [0.4, 0.5) is 19.1 Å². The number of alkyl halides is 3. The molecule has 1 aromatic heterocycles. The average molecular weight is 339 g/mol. The molecule has 1 atom stereocenters. The van der Waals surface area contributed by atoms with E-state index in [0.29, 0.717) is 5.56 Å². The number of rotatable bonds is 6. The molecule has 0 spiro atoms. The number of halogens is 3. The average Bonchev–Trinajstić information content (AvgIpc) is 2.58. The molecule has 9 heteroatoms. The zero-order chi connectivity index (χ0) is 17.6. The first-order valence-corrected chi connectivity index (χ1v) is 7.10. The molecule has 0 fully saturated rings. The Labute approximate surface area is 136 Å². The van der Waals surface area contributed by atoms with Crippen molar-refractivity contribution in [3.8, 4) is 0 Å². The van der Waals surface area contributed by atoms with Crippen molar-refractivity contribution in [1.82, 2.24) is 15.3 Å². The molecule has 1 aromatic carbocycles. The van der Waals surface area contributed by atoms with Crippen molar-refractivity contribution in [3.05, 3.63) is 53.9 Å². The molecular formula is C15H16F3N5O. The number of nitrogens with zero attached hydrogens (tertiary/aromatic N) is 2. The Hall–Kier alpha value is -2.68. The molecule has 0 bridgehead atoms. The van der Waals surface area contributed by atoms with Crippen molar-refractivity contribution >= 4 is 11.9 Å². The lowest BCUT2D eigenvalue weighted by Crippen LogP contribution is -2.36. The number of nitrogens with one attached hydrogen (secondary N) is 2. The third-order valence-electron chi connectivity index (χ3n) is 3.09. The number of benzene rings is 1. The van der Waals surface area contributed by atoms with E-state index in [9.17, 15) is 18.0 Å². The summed E-state index contributed by atoms with van der Waals surface area (Å²) in [4.78, 5) is 18.9. The lowest BCUT2D eigenvalue weighted by molar-refractivity contribution is -0.141. The molecular weight excluding hydrogens is 323 g/mol. The number of carbonyl (C=O) groups excluding carboxylic acids is 1. The first-order chi connectivity index (χ1) is 11.4. The summed E-state index contributed by atoms with van der Waals surface area (Å²) in [5.74, 6) is -0.542. The fourth-order valence-electron chi connectivity index (χ4n) is 1.88. The normalized spacial score (nSPS) is 12.5. The Balaban J connectivity index is 1.80. The molecule has 6 nitrogen and oxygen atoms in total. The maximum atomic E-state index is 12.5. The van der Waals surface area contributed by atoms with E-state index in [4.69, 9.17) is 5.73 Å². The summed E-state index contributed by atoms with van der Waals surface area (Å²) in [6.07, 6.45) is -3.52. The number of carbonyl (C=O) groups is 1. The Morgan fingerprint density at radius 1 is 1.17 bits per heavy atom. The zero-order valence-electron chi connectivity index (χ0n) is 12.5. The summed E-state index contributed by atoms with van der Waals surface area (Å²) in [7, 11) is 0. The Morgan fingerprint density at radius 3 is 2.54 bits per heavy atom. The quantitative estimate of drug-likeness (QED) is 0.697. The van der Waals surface area contributed by atoms with Crippen LogP contribution in [0.5, 0.6) is 0 Å². The summed E-state index contributed by atoms with van der Waals surface area (Å²) in [5, 5.41) is 5.21. The van der Waals surface area contributed by atoms with Gasteiger partial charge in [-0.3, -0.25) is 4.79 Å². The standard InChI is InChI=1S/C15H16F3N5O/c16-15(17,18)11-6-7-21-14(23-11)22-9-8-20-13(24)12(19)10-4-2-1-3-5-10/h1-7,12H,8-9,19H2,(H,20,24)(H,21,22,23). The second kappa shape index (κ2) is 7.73. The van der Waals surface area contributed by atoms with Crippen LogP contribution in [-0.2, 0) is 11.0 Å². The van der Waals surface area contributed by atoms with E-state index in [0.717, 1.165) is 12.3 Å². The van der Waals surface area contributed by atoms with Gasteiger partial charge in [-0.2, -0.15) is 13.2 Å². The van der Waals surface area contributed by atoms with Gasteiger partial charge in [0.2, 0.25) is 11.9 Å². The molecule has 1 heterocycles. The molecule has 24 heavy (non-hydrogen) atoms. The van der Waals surface area contributed by atoms with Crippen LogP contribution in [-0.4, -0.2) is 29.0 Å². The Bertz CT molecular complexity index is 678. The topological polar surface area (TPSA) is 92.9 Å². The van der Waals surface area contributed by atoms with E-state index >= 15 is 0 Å². The zero-order valence-corrected chi connectivity index (χ0v) is 12.5. The maximum Gasteiger partial charge on any atom is 0.433 e. The second-order valence-corrected chi connectivity index (χ2v) is 4.87. The predicted molar refractivity (Wildman–Crippen MR) is 81.9 cm³/mol. The second-order valence-electron chi connectivity index (χ2n) is 4.87. The van der Waals surface area contributed by atoms with Gasteiger partial charge in [0, 0.05) is 19.3 Å². The number of hydrogen-bond acceptors (Lipinski definition) is 5. The van der Waals surface area contributed by atoms with Crippen LogP contribution in [0, 0.1) is 0 Å². The minimum atomic E-state index is -4.53. The molecule has 0 saturated heterocycles. The van der Waals surface area contributed by atoms with Crippen LogP contribution < -0.4 is 16.4 Å². The summed E-state index contributed by atoms with van der Waals surface area (Å²) >= 11 is 0. The number of anilines is 1. The van der Waals surface area contributed by atoms with Crippen LogP contribution in [0.15, 0.2) is 42.6 Å². The third-order valence-corrected chi connectivity index (χ3v) is 3.09. The highest BCUT2D eigenvalue weighted by Gasteiger charge is 2.32. The summed E-state index contributed by atoms with van der Waals surface area (Å²) in [6.45, 7) is 0.327. The highest BCUT2D eigenvalue weighted by Crippen LogP contribution is 2.27. The van der Waals surface area contributed by atoms with Crippen LogP contribution in [0.2, 0.25) is 0 Å². The van der Waals surface area contributed by atoms with Gasteiger partial charge in [-0.25, -0.2) is 9.97 Å². The van der Waals surface area contributed by atoms with Gasteiger partial charge in [0.05, 0.1) is 0 Å². The molecule has 0 saturated carbocycles. The summed E-state index contributed by atoms with van der Waals surface area (Å²) in [5.41, 5.74) is 5.46. The van der Waals surface area contributed by atoms with Crippen LogP contribution in [0.25, 0.3) is 0 Å². The first-order valence-electron chi connectivity index (χ1n) is 7.10. The maximum absolute atomic E-state index is 12.5. The molecule has 2 rings (SSSR count). The van der Waals surface area contributed by atoms with Gasteiger partial charge in [0.1, 0.15) is 11.7 Å². The van der Waals surface area contributed by atoms with Crippen LogP contribution >= 0.6 is 0 Å². The Kier molecular flexibility index (Phi) is 5.69. The number of amides is 1. The minimum Gasteiger partial charge on any atom is -0.353 e. The van der Waals surface area contributed by atoms with Crippen LogP contribution in [0.3, 0.4) is 0 Å². The van der Waals surface area contributed by atoms with Crippen molar-refractivity contribution in [2.24, 2.45) is 5.73 Å². The summed E-state index contributed by atoms with van der Waals surface area (Å²) in [6, 6.07) is 8.80. The van der Waals surface area contributed by atoms with Gasteiger partial charge in [0.15, 0.2) is 0 Å². The molecule has 0 radical (unpaired) electrons. The van der Waals surface area contributed by atoms with Gasteiger partial charge < -0.3 is 16.4 Å². The largest absolute Gasteiger partial charge is 0.433 e. The Morgan fingerprint density at radius 2 is 1.88 bits per heavy atom. The molecule has 128 valence electrons. The van der Waals surface area contributed by atoms with Crippen molar-refractivity contribution in [3.63, 3.8) is 0 Å². The van der Waals surface area contributed by atoms with Gasteiger partial charge in [0.25, 0.3) is 0 Å². The number of nitrogens with two attached hydrogens (primary N) is 1. The lowest BCUT2D eigenvalue weighted by atomic mass is 10.1. The van der Waals surface area contributed by atoms with Gasteiger partial charge in [-0.1, -0.05) is 30.3 Å². The molecule has 0 aliphatic carbocycles. The van der Waals surface area contributed by atoms with Crippen molar-refractivity contribution in [2.45, 2.75) is 12.2 Å². The smallest absolute Gasteiger partial charge is 0.353 e. The van der Waals surface area contributed by atoms with Crippen molar-refractivity contribution in [2.75, 3.05) is 18.4 Å². The highest BCUT2D eigenvalue weighted by molar-refractivity contribution is 5.82. The third kappa shape index (κ3) is 4.92. The van der Waals surface area contributed by atoms with E-state index < -0.39 is 17.9 Å². The molecule has 2 aromatic rings. The highest BCUT2D eigenvalue weighted by atomic mass is 19.4. The molecule has 4 N–H and O–H groups in total. The first kappa shape index (κ1) is 17.7. The fraction of sp³-hybridized carbons (Fsp3) is 0.267. The summed E-state index contributed by atoms with van der Waals surface area (Å²) < 4.78 is 37.6. The molecule has 1 amide bonds. The van der Waals surface area contributed by atoms with E-state index in [1.54, 1.807) is 24.3 Å². The van der Waals surface area contributed by atoms with Crippen molar-refractivity contribution < 1.29 is 18.0 Å². The van der Waals surface area contributed by atoms with E-state index in [2.05, 4.69) is 20.6 Å². The van der Waals surface area contributed by atoms with E-state index in [-0.39, 0.29) is 24.9 Å². The number of aromatic nitrogens is 2. The lowest BCUT2D eigenvalue weighted by Gasteiger charge is -2.13. The molecule has 0 aliphatic heterocycles. The minimum absolute atomic E-state index is 0.161. The van der Waals surface area contributed by atoms with Crippen LogP contribution in [0.1, 0.15) is 17.3 Å². The SMILES string of the molecule is NC(C(=O)NCCNc1nccc(C(F)(F)F)n1)c1ccccc1. The van der Waals surface area contributed by atoms with Crippen molar-refractivity contribution in [1.29, 1.82) is 0 Å². The van der Waals surface area contributed by atoms with Gasteiger partial charge >= 0.3 is 6.18 Å². The van der Waals surface area contributed by atoms with Gasteiger partial charge in [-0.05, 0) is 11.6 Å². The fourth-order valence-corrected chi connectivity index (χ4v) is 1.88.